The van der Waals surface area contributed by atoms with E-state index < -0.39 is 6.10 Å². The molecule has 1 unspecified atom stereocenters. The molecular weight excluding hydrogens is 317 g/mol. The maximum absolute atomic E-state index is 10.2. The summed E-state index contributed by atoms with van der Waals surface area (Å²) >= 11 is 11.8. The lowest BCUT2D eigenvalue weighted by Crippen LogP contribution is -2.41. The van der Waals surface area contributed by atoms with Gasteiger partial charge in [-0.3, -0.25) is 4.90 Å². The SMILES string of the molecule is OC(CN1CCOCC1)Cn1cnc2c(Cl)nc(Cl)nc21. The zero-order valence-electron chi connectivity index (χ0n) is 11.2. The molecule has 0 bridgehead atoms. The topological polar surface area (TPSA) is 76.3 Å². The number of fused-ring (bicyclic) bond motifs is 1. The van der Waals surface area contributed by atoms with Crippen LogP contribution in [0.25, 0.3) is 11.2 Å². The molecule has 0 amide bonds. The van der Waals surface area contributed by atoms with Crippen LogP contribution >= 0.6 is 23.2 Å². The Labute approximate surface area is 131 Å². The zero-order chi connectivity index (χ0) is 14.8. The monoisotopic (exact) mass is 331 g/mol. The molecule has 21 heavy (non-hydrogen) atoms. The molecule has 7 nitrogen and oxygen atoms in total. The smallest absolute Gasteiger partial charge is 0.225 e. The lowest BCUT2D eigenvalue weighted by Gasteiger charge is -2.28. The zero-order valence-corrected chi connectivity index (χ0v) is 12.8. The van der Waals surface area contributed by atoms with Gasteiger partial charge in [0.15, 0.2) is 10.8 Å². The Kier molecular flexibility index (Phi) is 4.56. The summed E-state index contributed by atoms with van der Waals surface area (Å²) in [6.07, 6.45) is 1.05. The summed E-state index contributed by atoms with van der Waals surface area (Å²) in [6, 6.07) is 0. The maximum Gasteiger partial charge on any atom is 0.225 e. The number of aromatic nitrogens is 4. The average molecular weight is 332 g/mol. The summed E-state index contributed by atoms with van der Waals surface area (Å²) in [4.78, 5) is 14.3. The molecule has 0 spiro atoms. The Morgan fingerprint density at radius 2 is 2.00 bits per heavy atom. The Hall–Kier alpha value is -0.990. The summed E-state index contributed by atoms with van der Waals surface area (Å²) in [6.45, 7) is 4.04. The van der Waals surface area contributed by atoms with E-state index >= 15 is 0 Å². The number of aliphatic hydroxyl groups excluding tert-OH is 1. The number of hydrogen-bond acceptors (Lipinski definition) is 6. The van der Waals surface area contributed by atoms with Crippen molar-refractivity contribution in [1.82, 2.24) is 24.4 Å². The molecule has 1 aliphatic heterocycles. The van der Waals surface area contributed by atoms with Crippen molar-refractivity contribution < 1.29 is 9.84 Å². The highest BCUT2D eigenvalue weighted by Gasteiger charge is 2.17. The third-order valence-electron chi connectivity index (χ3n) is 3.37. The van der Waals surface area contributed by atoms with Gasteiger partial charge in [-0.25, -0.2) is 9.97 Å². The van der Waals surface area contributed by atoms with Gasteiger partial charge in [0, 0.05) is 19.6 Å². The number of nitrogens with zero attached hydrogens (tertiary/aromatic N) is 5. The fourth-order valence-corrected chi connectivity index (χ4v) is 2.81. The quantitative estimate of drug-likeness (QED) is 0.660. The highest BCUT2D eigenvalue weighted by Crippen LogP contribution is 2.20. The second-order valence-electron chi connectivity index (χ2n) is 4.92. The Morgan fingerprint density at radius 1 is 1.24 bits per heavy atom. The second kappa shape index (κ2) is 6.41. The van der Waals surface area contributed by atoms with Gasteiger partial charge in [-0.05, 0) is 11.6 Å². The van der Waals surface area contributed by atoms with E-state index in [9.17, 15) is 5.11 Å². The van der Waals surface area contributed by atoms with Gasteiger partial charge in [0.2, 0.25) is 5.28 Å². The molecule has 0 aliphatic carbocycles. The van der Waals surface area contributed by atoms with Crippen molar-refractivity contribution in [2.75, 3.05) is 32.8 Å². The van der Waals surface area contributed by atoms with Crippen molar-refractivity contribution in [2.24, 2.45) is 0 Å². The summed E-state index contributed by atoms with van der Waals surface area (Å²) in [5, 5.41) is 10.5. The number of ether oxygens (including phenoxy) is 1. The molecule has 1 N–H and O–H groups in total. The van der Waals surface area contributed by atoms with Gasteiger partial charge in [-0.15, -0.1) is 0 Å². The van der Waals surface area contributed by atoms with E-state index in [1.807, 2.05) is 0 Å². The van der Waals surface area contributed by atoms with E-state index in [1.165, 1.54) is 0 Å². The van der Waals surface area contributed by atoms with E-state index in [-0.39, 0.29) is 10.4 Å². The first kappa shape index (κ1) is 14.9. The number of hydrogen-bond donors (Lipinski definition) is 1. The third kappa shape index (κ3) is 3.44. The standard InChI is InChI=1S/C12H15Cl2N5O2/c13-10-9-11(17-12(14)16-10)19(7-15-9)6-8(20)5-18-1-3-21-4-2-18/h7-8,20H,1-6H2. The molecule has 0 aromatic carbocycles. The van der Waals surface area contributed by atoms with Gasteiger partial charge in [0.25, 0.3) is 0 Å². The number of imidazole rings is 1. The van der Waals surface area contributed by atoms with E-state index in [4.69, 9.17) is 27.9 Å². The lowest BCUT2D eigenvalue weighted by molar-refractivity contribution is 0.0117. The minimum atomic E-state index is -0.534. The molecule has 114 valence electrons. The average Bonchev–Trinajstić information content (AvgIpc) is 2.83. The van der Waals surface area contributed by atoms with Crippen LogP contribution in [-0.2, 0) is 11.3 Å². The van der Waals surface area contributed by atoms with E-state index in [1.54, 1.807) is 10.9 Å². The van der Waals surface area contributed by atoms with Crippen LogP contribution in [0.2, 0.25) is 10.4 Å². The van der Waals surface area contributed by atoms with Crippen molar-refractivity contribution in [3.05, 3.63) is 16.8 Å². The van der Waals surface area contributed by atoms with Crippen LogP contribution in [0.15, 0.2) is 6.33 Å². The van der Waals surface area contributed by atoms with Crippen LogP contribution in [0.1, 0.15) is 0 Å². The van der Waals surface area contributed by atoms with Crippen LogP contribution in [0.5, 0.6) is 0 Å². The van der Waals surface area contributed by atoms with Crippen molar-refractivity contribution >= 4 is 34.4 Å². The predicted molar refractivity (Wildman–Crippen MR) is 78.6 cm³/mol. The molecule has 1 aliphatic rings. The lowest BCUT2D eigenvalue weighted by atomic mass is 10.3. The molecule has 1 fully saturated rings. The minimum absolute atomic E-state index is 0.0666. The van der Waals surface area contributed by atoms with E-state index in [2.05, 4.69) is 19.9 Å². The van der Waals surface area contributed by atoms with Crippen LogP contribution in [0, 0.1) is 0 Å². The molecule has 3 rings (SSSR count). The fraction of sp³-hybridized carbons (Fsp3) is 0.583. The number of halogens is 2. The van der Waals surface area contributed by atoms with Crippen LogP contribution < -0.4 is 0 Å². The summed E-state index contributed by atoms with van der Waals surface area (Å²) in [7, 11) is 0. The van der Waals surface area contributed by atoms with Gasteiger partial charge in [-0.1, -0.05) is 11.6 Å². The van der Waals surface area contributed by atoms with Crippen molar-refractivity contribution in [3.63, 3.8) is 0 Å². The molecule has 2 aromatic rings. The van der Waals surface area contributed by atoms with Gasteiger partial charge in [0.1, 0.15) is 5.52 Å². The van der Waals surface area contributed by atoms with Gasteiger partial charge in [-0.2, -0.15) is 4.98 Å². The summed E-state index contributed by atoms with van der Waals surface area (Å²) in [5.74, 6) is 0. The number of morpholine rings is 1. The molecule has 0 saturated carbocycles. The summed E-state index contributed by atoms with van der Waals surface area (Å²) < 4.78 is 7.02. The first-order valence-corrected chi connectivity index (χ1v) is 7.41. The molecule has 2 aromatic heterocycles. The van der Waals surface area contributed by atoms with Crippen LogP contribution in [0.3, 0.4) is 0 Å². The maximum atomic E-state index is 10.2. The highest BCUT2D eigenvalue weighted by atomic mass is 35.5. The predicted octanol–water partition coefficient (Wildman–Crippen LogP) is 0.826. The molecule has 9 heteroatoms. The largest absolute Gasteiger partial charge is 0.390 e. The third-order valence-corrected chi connectivity index (χ3v) is 3.81. The molecule has 0 radical (unpaired) electrons. The molecule has 1 atom stereocenters. The molecule has 1 saturated heterocycles. The highest BCUT2D eigenvalue weighted by molar-refractivity contribution is 6.35. The van der Waals surface area contributed by atoms with Gasteiger partial charge < -0.3 is 14.4 Å². The Bertz CT molecular complexity index is 629. The van der Waals surface area contributed by atoms with E-state index in [0.717, 1.165) is 13.1 Å². The summed E-state index contributed by atoms with van der Waals surface area (Å²) in [5.41, 5.74) is 1.01. The van der Waals surface area contributed by atoms with Crippen molar-refractivity contribution in [3.8, 4) is 0 Å². The first-order valence-electron chi connectivity index (χ1n) is 6.65. The fourth-order valence-electron chi connectivity index (χ4n) is 2.39. The van der Waals surface area contributed by atoms with Gasteiger partial charge >= 0.3 is 0 Å². The van der Waals surface area contributed by atoms with Gasteiger partial charge in [0.05, 0.1) is 32.2 Å². The van der Waals surface area contributed by atoms with Crippen molar-refractivity contribution in [2.45, 2.75) is 12.6 Å². The van der Waals surface area contributed by atoms with Crippen LogP contribution in [0.4, 0.5) is 0 Å². The van der Waals surface area contributed by atoms with E-state index in [0.29, 0.717) is 37.5 Å². The second-order valence-corrected chi connectivity index (χ2v) is 5.62. The minimum Gasteiger partial charge on any atom is -0.390 e. The Balaban J connectivity index is 1.72. The number of rotatable bonds is 4. The Morgan fingerprint density at radius 3 is 2.76 bits per heavy atom. The number of aliphatic hydroxyl groups is 1. The normalized spacial score (nSPS) is 18.2. The molecular formula is C12H15Cl2N5O2. The number of β-amino-alcohol motifs (C(OH)–C–C–N with tert-alkyl or cyclic N) is 1. The first-order chi connectivity index (χ1) is 10.1. The molecule has 3 heterocycles. The van der Waals surface area contributed by atoms with Crippen molar-refractivity contribution in [1.29, 1.82) is 0 Å². The van der Waals surface area contributed by atoms with Crippen LogP contribution in [-0.4, -0.2) is 68.5 Å².